The Morgan fingerprint density at radius 1 is 1.26 bits per heavy atom. The average molecular weight is 333 g/mol. The summed E-state index contributed by atoms with van der Waals surface area (Å²) in [6.07, 6.45) is 1.17. The lowest BCUT2D eigenvalue weighted by atomic mass is 9.90. The molecule has 1 aliphatic rings. The number of hydrogen-bond acceptors (Lipinski definition) is 3. The number of aromatic nitrogens is 2. The van der Waals surface area contributed by atoms with E-state index in [2.05, 4.69) is 25.7 Å². The first kappa shape index (κ1) is 16.5. The van der Waals surface area contributed by atoms with E-state index in [9.17, 15) is 0 Å². The van der Waals surface area contributed by atoms with Gasteiger partial charge in [-0.25, -0.2) is 4.68 Å². The van der Waals surface area contributed by atoms with Crippen LogP contribution in [0.25, 0.3) is 5.69 Å². The summed E-state index contributed by atoms with van der Waals surface area (Å²) < 4.78 is 2.01. The number of halogens is 1. The van der Waals surface area contributed by atoms with Crippen LogP contribution in [0.5, 0.6) is 0 Å². The van der Waals surface area contributed by atoms with Crippen LogP contribution in [0.15, 0.2) is 24.3 Å². The number of hydrogen-bond donors (Lipinski definition) is 1. The molecule has 1 saturated heterocycles. The summed E-state index contributed by atoms with van der Waals surface area (Å²) >= 11 is 5.98. The lowest BCUT2D eigenvalue weighted by Gasteiger charge is -2.22. The molecule has 2 N–H and O–H groups in total. The molecule has 0 aliphatic carbocycles. The van der Waals surface area contributed by atoms with Crippen molar-refractivity contribution in [3.63, 3.8) is 0 Å². The Balaban J connectivity index is 1.83. The van der Waals surface area contributed by atoms with E-state index in [0.29, 0.717) is 0 Å². The van der Waals surface area contributed by atoms with Crippen LogP contribution in [0.2, 0.25) is 5.02 Å². The van der Waals surface area contributed by atoms with Gasteiger partial charge in [-0.05, 0) is 63.0 Å². The first-order chi connectivity index (χ1) is 10.9. The highest BCUT2D eigenvalue weighted by atomic mass is 35.5. The monoisotopic (exact) mass is 332 g/mol. The fourth-order valence-corrected chi connectivity index (χ4v) is 3.51. The molecule has 0 bridgehead atoms. The maximum absolute atomic E-state index is 5.98. The van der Waals surface area contributed by atoms with Crippen molar-refractivity contribution in [3.8, 4) is 5.69 Å². The summed E-state index contributed by atoms with van der Waals surface area (Å²) in [5.41, 5.74) is 10.8. The Morgan fingerprint density at radius 2 is 1.96 bits per heavy atom. The van der Waals surface area contributed by atoms with E-state index in [1.165, 1.54) is 17.7 Å². The van der Waals surface area contributed by atoms with Crippen LogP contribution in [0.1, 0.15) is 30.3 Å². The van der Waals surface area contributed by atoms with Crippen LogP contribution >= 0.6 is 11.6 Å². The van der Waals surface area contributed by atoms with E-state index in [1.807, 2.05) is 28.9 Å². The van der Waals surface area contributed by atoms with Gasteiger partial charge in [0.05, 0.1) is 11.4 Å². The lowest BCUT2D eigenvalue weighted by Crippen LogP contribution is -2.31. The topological polar surface area (TPSA) is 47.1 Å². The Kier molecular flexibility index (Phi) is 4.50. The van der Waals surface area contributed by atoms with E-state index < -0.39 is 0 Å². The highest BCUT2D eigenvalue weighted by molar-refractivity contribution is 6.30. The number of aryl methyl sites for hydroxylation is 1. The highest BCUT2D eigenvalue weighted by Crippen LogP contribution is 2.30. The van der Waals surface area contributed by atoms with E-state index in [1.54, 1.807) is 0 Å². The average Bonchev–Trinajstić information content (AvgIpc) is 3.04. The quantitative estimate of drug-likeness (QED) is 0.934. The predicted molar refractivity (Wildman–Crippen MR) is 95.1 cm³/mol. The fraction of sp³-hybridized carbons (Fsp3) is 0.500. The first-order valence-corrected chi connectivity index (χ1v) is 8.53. The summed E-state index contributed by atoms with van der Waals surface area (Å²) in [6, 6.07) is 7.82. The second kappa shape index (κ2) is 6.27. The minimum atomic E-state index is 0.258. The number of likely N-dealkylation sites (tertiary alicyclic amines) is 1. The van der Waals surface area contributed by atoms with Crippen molar-refractivity contribution in [1.82, 2.24) is 14.7 Å². The SMILES string of the molecule is Cc1nn(-c2ccc(Cl)cc2)c(C)c1CN1CCC(C)(CN)C1. The number of nitrogens with zero attached hydrogens (tertiary/aromatic N) is 3. The van der Waals surface area contributed by atoms with Crippen molar-refractivity contribution < 1.29 is 0 Å². The van der Waals surface area contributed by atoms with Crippen molar-refractivity contribution in [3.05, 3.63) is 46.2 Å². The molecular formula is C18H25ClN4. The molecule has 23 heavy (non-hydrogen) atoms. The lowest BCUT2D eigenvalue weighted by molar-refractivity contribution is 0.273. The van der Waals surface area contributed by atoms with Gasteiger partial charge < -0.3 is 5.73 Å². The molecule has 1 unspecified atom stereocenters. The zero-order chi connectivity index (χ0) is 16.6. The van der Waals surface area contributed by atoms with E-state index in [4.69, 9.17) is 22.4 Å². The zero-order valence-corrected chi connectivity index (χ0v) is 14.9. The molecule has 0 amide bonds. The molecule has 1 aliphatic heterocycles. The van der Waals surface area contributed by atoms with Crippen LogP contribution in [0, 0.1) is 19.3 Å². The van der Waals surface area contributed by atoms with E-state index >= 15 is 0 Å². The molecule has 124 valence electrons. The predicted octanol–water partition coefficient (Wildman–Crippen LogP) is 3.31. The van der Waals surface area contributed by atoms with Crippen molar-refractivity contribution in [2.45, 2.75) is 33.7 Å². The molecule has 1 aromatic heterocycles. The van der Waals surface area contributed by atoms with Crippen LogP contribution in [-0.4, -0.2) is 34.3 Å². The maximum Gasteiger partial charge on any atom is 0.0649 e. The fourth-order valence-electron chi connectivity index (χ4n) is 3.39. The number of rotatable bonds is 4. The summed E-state index contributed by atoms with van der Waals surface area (Å²) in [5.74, 6) is 0. The minimum Gasteiger partial charge on any atom is -0.330 e. The minimum absolute atomic E-state index is 0.258. The smallest absolute Gasteiger partial charge is 0.0649 e. The molecule has 1 fully saturated rings. The molecule has 4 nitrogen and oxygen atoms in total. The van der Waals surface area contributed by atoms with Crippen LogP contribution in [0.4, 0.5) is 0 Å². The number of nitrogens with two attached hydrogens (primary N) is 1. The molecule has 0 spiro atoms. The molecule has 1 aromatic carbocycles. The van der Waals surface area contributed by atoms with Crippen molar-refractivity contribution in [2.24, 2.45) is 11.1 Å². The van der Waals surface area contributed by atoms with Gasteiger partial charge in [-0.1, -0.05) is 18.5 Å². The van der Waals surface area contributed by atoms with Gasteiger partial charge in [0, 0.05) is 29.4 Å². The highest BCUT2D eigenvalue weighted by Gasteiger charge is 2.33. The standard InChI is InChI=1S/C18H25ClN4/c1-13-17(10-22-9-8-18(3,11-20)12-22)14(2)23(21-13)16-6-4-15(19)5-7-16/h4-7H,8-12,20H2,1-3H3. The summed E-state index contributed by atoms with van der Waals surface area (Å²) in [6.45, 7) is 10.4. The molecule has 3 rings (SSSR count). The molecule has 1 atom stereocenters. The van der Waals surface area contributed by atoms with Crippen LogP contribution in [0.3, 0.4) is 0 Å². The molecule has 0 radical (unpaired) electrons. The largest absolute Gasteiger partial charge is 0.330 e. The Hall–Kier alpha value is -1.36. The van der Waals surface area contributed by atoms with Crippen molar-refractivity contribution >= 4 is 11.6 Å². The molecule has 0 saturated carbocycles. The summed E-state index contributed by atoms with van der Waals surface area (Å²) in [5, 5.41) is 5.47. The molecule has 2 aromatic rings. The van der Waals surface area contributed by atoms with E-state index in [-0.39, 0.29) is 5.41 Å². The van der Waals surface area contributed by atoms with Crippen molar-refractivity contribution in [1.29, 1.82) is 0 Å². The van der Waals surface area contributed by atoms with Crippen LogP contribution in [-0.2, 0) is 6.54 Å². The van der Waals surface area contributed by atoms with Gasteiger partial charge in [0.15, 0.2) is 0 Å². The van der Waals surface area contributed by atoms with Crippen molar-refractivity contribution in [2.75, 3.05) is 19.6 Å². The molecule has 2 heterocycles. The third kappa shape index (κ3) is 3.30. The van der Waals surface area contributed by atoms with Gasteiger partial charge in [0.1, 0.15) is 0 Å². The second-order valence-corrected chi connectivity index (χ2v) is 7.45. The summed E-state index contributed by atoms with van der Waals surface area (Å²) in [4.78, 5) is 2.50. The maximum atomic E-state index is 5.98. The first-order valence-electron chi connectivity index (χ1n) is 8.15. The van der Waals surface area contributed by atoms with Gasteiger partial charge in [-0.15, -0.1) is 0 Å². The van der Waals surface area contributed by atoms with E-state index in [0.717, 1.165) is 42.6 Å². The third-order valence-corrected chi connectivity index (χ3v) is 5.28. The van der Waals surface area contributed by atoms with Gasteiger partial charge in [0.25, 0.3) is 0 Å². The zero-order valence-electron chi connectivity index (χ0n) is 14.1. The molecule has 5 heteroatoms. The summed E-state index contributed by atoms with van der Waals surface area (Å²) in [7, 11) is 0. The Morgan fingerprint density at radius 3 is 2.57 bits per heavy atom. The van der Waals surface area contributed by atoms with Gasteiger partial charge in [0.2, 0.25) is 0 Å². The van der Waals surface area contributed by atoms with Gasteiger partial charge >= 0.3 is 0 Å². The third-order valence-electron chi connectivity index (χ3n) is 5.02. The second-order valence-electron chi connectivity index (χ2n) is 7.01. The Labute approximate surface area is 143 Å². The normalized spacial score (nSPS) is 22.0. The Bertz CT molecular complexity index is 692. The van der Waals surface area contributed by atoms with Gasteiger partial charge in [-0.2, -0.15) is 5.10 Å². The number of benzene rings is 1. The molecular weight excluding hydrogens is 308 g/mol. The van der Waals surface area contributed by atoms with Crippen LogP contribution < -0.4 is 5.73 Å². The van der Waals surface area contributed by atoms with Gasteiger partial charge in [-0.3, -0.25) is 4.90 Å².